The normalized spacial score (nSPS) is 18.7. The number of guanidine groups is 1. The van der Waals surface area contributed by atoms with Gasteiger partial charge in [-0.3, -0.25) is 19.5 Å². The third kappa shape index (κ3) is 3.94. The number of halogens is 1. The molecule has 0 spiro atoms. The molecule has 2 N–H and O–H groups in total. The predicted octanol–water partition coefficient (Wildman–Crippen LogP) is 2.69. The van der Waals surface area contributed by atoms with Crippen molar-refractivity contribution in [2.24, 2.45) is 10.7 Å². The average Bonchev–Trinajstić information content (AvgIpc) is 3.28. The number of nitrogens with two attached hydrogens (primary N) is 1. The van der Waals surface area contributed by atoms with Crippen LogP contribution in [0.25, 0.3) is 11.3 Å². The highest BCUT2D eigenvalue weighted by Crippen LogP contribution is 2.35. The molecule has 9 heteroatoms. The van der Waals surface area contributed by atoms with Gasteiger partial charge in [0, 0.05) is 24.6 Å². The Kier molecular flexibility index (Phi) is 5.10. The number of nitrogens with zero attached hydrogens (tertiary/aromatic N) is 4. The van der Waals surface area contributed by atoms with Crippen molar-refractivity contribution < 1.29 is 18.4 Å². The number of hydrogen-bond donors (Lipinski definition) is 1. The summed E-state index contributed by atoms with van der Waals surface area (Å²) in [6, 6.07) is 6.09. The molecule has 2 aromatic heterocycles. The summed E-state index contributed by atoms with van der Waals surface area (Å²) in [5.41, 5.74) is 7.01. The van der Waals surface area contributed by atoms with Gasteiger partial charge in [0.1, 0.15) is 11.5 Å². The number of furan rings is 1. The Labute approximate surface area is 177 Å². The molecule has 1 amide bonds. The van der Waals surface area contributed by atoms with Crippen LogP contribution in [0, 0.1) is 5.82 Å². The predicted molar refractivity (Wildman–Crippen MR) is 111 cm³/mol. The first-order chi connectivity index (χ1) is 14.8. The summed E-state index contributed by atoms with van der Waals surface area (Å²) in [6.07, 6.45) is 5.93. The van der Waals surface area contributed by atoms with Gasteiger partial charge in [-0.1, -0.05) is 6.07 Å². The maximum atomic E-state index is 14.6. The summed E-state index contributed by atoms with van der Waals surface area (Å²) < 4.78 is 19.7. The third-order valence-corrected chi connectivity index (χ3v) is 5.30. The first-order valence-corrected chi connectivity index (χ1v) is 9.55. The molecule has 1 aromatic carbocycles. The lowest BCUT2D eigenvalue weighted by Gasteiger charge is -2.34. The van der Waals surface area contributed by atoms with E-state index < -0.39 is 11.4 Å². The number of carbonyl (C=O) groups excluding carboxylic acids is 2. The highest BCUT2D eigenvalue weighted by atomic mass is 19.1. The molecule has 0 bridgehead atoms. The summed E-state index contributed by atoms with van der Waals surface area (Å²) in [5.74, 6) is -1.02. The van der Waals surface area contributed by atoms with Crippen LogP contribution in [0.3, 0.4) is 0 Å². The maximum absolute atomic E-state index is 14.6. The summed E-state index contributed by atoms with van der Waals surface area (Å²) in [6.45, 7) is 1.65. The number of ketones is 1. The first kappa shape index (κ1) is 20.4. The van der Waals surface area contributed by atoms with Gasteiger partial charge in [-0.05, 0) is 30.7 Å². The Morgan fingerprint density at radius 3 is 2.74 bits per heavy atom. The molecule has 31 heavy (non-hydrogen) atoms. The molecule has 158 valence electrons. The maximum Gasteiger partial charge on any atom is 0.231 e. The lowest BCUT2D eigenvalue weighted by Crippen LogP contribution is -2.47. The molecule has 0 saturated heterocycles. The van der Waals surface area contributed by atoms with E-state index in [0.717, 1.165) is 5.56 Å². The van der Waals surface area contributed by atoms with Crippen LogP contribution in [0.15, 0.2) is 58.6 Å². The molecule has 0 aliphatic carbocycles. The van der Waals surface area contributed by atoms with Crippen molar-refractivity contribution in [3.63, 3.8) is 0 Å². The van der Waals surface area contributed by atoms with Crippen LogP contribution in [0.2, 0.25) is 0 Å². The van der Waals surface area contributed by atoms with Gasteiger partial charge in [-0.25, -0.2) is 14.4 Å². The van der Waals surface area contributed by atoms with E-state index in [9.17, 15) is 14.0 Å². The van der Waals surface area contributed by atoms with Crippen LogP contribution in [0.5, 0.6) is 0 Å². The van der Waals surface area contributed by atoms with E-state index in [1.165, 1.54) is 49.0 Å². The van der Waals surface area contributed by atoms with E-state index in [1.807, 2.05) is 0 Å². The minimum Gasteiger partial charge on any atom is -0.472 e. The summed E-state index contributed by atoms with van der Waals surface area (Å²) in [7, 11) is 1.52. The molecule has 8 nitrogen and oxygen atoms in total. The molecule has 4 rings (SSSR count). The monoisotopic (exact) mass is 421 g/mol. The molecular formula is C22H20FN5O3. The SMILES string of the molecule is CN1C(=O)CC(C)(c2cc(CC(=O)c3cnc(-c4ccoc4)cn3)ccc2F)N=C1N. The van der Waals surface area contributed by atoms with Crippen molar-refractivity contribution in [1.29, 1.82) is 0 Å². The Morgan fingerprint density at radius 2 is 2.10 bits per heavy atom. The van der Waals surface area contributed by atoms with Gasteiger partial charge in [0.25, 0.3) is 0 Å². The van der Waals surface area contributed by atoms with Gasteiger partial charge >= 0.3 is 0 Å². The van der Waals surface area contributed by atoms with Crippen molar-refractivity contribution in [1.82, 2.24) is 14.9 Å². The first-order valence-electron chi connectivity index (χ1n) is 9.55. The number of aliphatic imine (C=N–C) groups is 1. The minimum absolute atomic E-state index is 0.00383. The highest BCUT2D eigenvalue weighted by Gasteiger charge is 2.38. The van der Waals surface area contributed by atoms with E-state index in [2.05, 4.69) is 15.0 Å². The van der Waals surface area contributed by atoms with Crippen molar-refractivity contribution >= 4 is 17.6 Å². The third-order valence-electron chi connectivity index (χ3n) is 5.30. The zero-order valence-corrected chi connectivity index (χ0v) is 17.0. The fourth-order valence-electron chi connectivity index (χ4n) is 3.47. The summed E-state index contributed by atoms with van der Waals surface area (Å²) >= 11 is 0. The number of benzene rings is 1. The Morgan fingerprint density at radius 1 is 1.29 bits per heavy atom. The fourth-order valence-corrected chi connectivity index (χ4v) is 3.47. The highest BCUT2D eigenvalue weighted by molar-refractivity contribution is 5.99. The quantitative estimate of drug-likeness (QED) is 0.634. The summed E-state index contributed by atoms with van der Waals surface area (Å²) in [4.78, 5) is 38.9. The smallest absolute Gasteiger partial charge is 0.231 e. The van der Waals surface area contributed by atoms with Crippen molar-refractivity contribution in [3.05, 3.63) is 71.8 Å². The van der Waals surface area contributed by atoms with Gasteiger partial charge in [0.05, 0.1) is 42.6 Å². The molecular weight excluding hydrogens is 401 g/mol. The Bertz CT molecular complexity index is 1170. The number of Topliss-reactive ketones (excluding diaryl/α,β-unsaturated/α-hetero) is 1. The summed E-state index contributed by atoms with van der Waals surface area (Å²) in [5, 5.41) is 0. The number of aromatic nitrogens is 2. The van der Waals surface area contributed by atoms with E-state index in [4.69, 9.17) is 10.2 Å². The molecule has 0 radical (unpaired) electrons. The van der Waals surface area contributed by atoms with Gasteiger partial charge in [0.15, 0.2) is 11.7 Å². The molecule has 1 aliphatic rings. The van der Waals surface area contributed by atoms with Crippen LogP contribution < -0.4 is 5.73 Å². The van der Waals surface area contributed by atoms with Gasteiger partial charge < -0.3 is 10.2 Å². The number of hydrogen-bond acceptors (Lipinski definition) is 7. The van der Waals surface area contributed by atoms with Crippen LogP contribution in [0.1, 0.15) is 35.0 Å². The van der Waals surface area contributed by atoms with Crippen LogP contribution in [0.4, 0.5) is 4.39 Å². The number of carbonyl (C=O) groups is 2. The molecule has 1 unspecified atom stereocenters. The van der Waals surface area contributed by atoms with Crippen molar-refractivity contribution in [3.8, 4) is 11.3 Å². The van der Waals surface area contributed by atoms with Gasteiger partial charge in [-0.15, -0.1) is 0 Å². The van der Waals surface area contributed by atoms with E-state index in [0.29, 0.717) is 11.3 Å². The molecule has 0 saturated carbocycles. The van der Waals surface area contributed by atoms with E-state index in [-0.39, 0.29) is 41.7 Å². The van der Waals surface area contributed by atoms with Gasteiger partial charge in [-0.2, -0.15) is 0 Å². The van der Waals surface area contributed by atoms with Crippen LogP contribution >= 0.6 is 0 Å². The second kappa shape index (κ2) is 7.75. The Hall–Kier alpha value is -3.88. The van der Waals surface area contributed by atoms with Gasteiger partial charge in [0.2, 0.25) is 5.91 Å². The van der Waals surface area contributed by atoms with Crippen molar-refractivity contribution in [2.45, 2.75) is 25.3 Å². The van der Waals surface area contributed by atoms with E-state index >= 15 is 0 Å². The molecule has 1 atom stereocenters. The zero-order chi connectivity index (χ0) is 22.2. The number of amides is 1. The fraction of sp³-hybridized carbons (Fsp3) is 0.227. The second-order valence-corrected chi connectivity index (χ2v) is 7.59. The largest absolute Gasteiger partial charge is 0.472 e. The lowest BCUT2D eigenvalue weighted by molar-refractivity contribution is -0.128. The lowest BCUT2D eigenvalue weighted by atomic mass is 9.85. The standard InChI is InChI=1S/C22H20FN5O3/c1-22(9-20(30)28(2)21(24)27-22)15-7-13(3-4-16(15)23)8-19(29)18-11-25-17(10-26-18)14-5-6-31-12-14/h3-7,10-12H,8-9H2,1-2H3,(H2,24,27). The number of rotatable bonds is 5. The van der Waals surface area contributed by atoms with E-state index in [1.54, 1.807) is 19.1 Å². The topological polar surface area (TPSA) is 115 Å². The second-order valence-electron chi connectivity index (χ2n) is 7.59. The molecule has 3 aromatic rings. The average molecular weight is 421 g/mol. The molecule has 3 heterocycles. The molecule has 1 aliphatic heterocycles. The van der Waals surface area contributed by atoms with Crippen molar-refractivity contribution in [2.75, 3.05) is 7.05 Å². The van der Waals surface area contributed by atoms with Crippen LogP contribution in [-0.4, -0.2) is 39.6 Å². The van der Waals surface area contributed by atoms with Crippen LogP contribution in [-0.2, 0) is 16.8 Å². The minimum atomic E-state index is -1.15. The molecule has 0 fully saturated rings. The zero-order valence-electron chi connectivity index (χ0n) is 17.0. The Balaban J connectivity index is 1.57.